The minimum Gasteiger partial charge on any atom is -0.394 e. The van der Waals surface area contributed by atoms with Crippen molar-refractivity contribution in [1.29, 1.82) is 0 Å². The molecular weight excluding hydrogens is 414 g/mol. The summed E-state index contributed by atoms with van der Waals surface area (Å²) < 4.78 is 12.5. The fourth-order valence-corrected chi connectivity index (χ4v) is 7.57. The van der Waals surface area contributed by atoms with Crippen LogP contribution in [-0.4, -0.2) is 95.4 Å². The predicted molar refractivity (Wildman–Crippen MR) is 144 cm³/mol. The van der Waals surface area contributed by atoms with E-state index >= 15 is 0 Å². The molecule has 0 aliphatic heterocycles. The van der Waals surface area contributed by atoms with Crippen LogP contribution in [-0.2, 0) is 8.85 Å². The molecule has 0 saturated carbocycles. The summed E-state index contributed by atoms with van der Waals surface area (Å²) in [4.78, 5) is 8.00. The molecule has 32 heavy (non-hydrogen) atoms. The van der Waals surface area contributed by atoms with Crippen LogP contribution in [0.3, 0.4) is 0 Å². The van der Waals surface area contributed by atoms with E-state index in [1.165, 1.54) is 90.9 Å². The van der Waals surface area contributed by atoms with Crippen LogP contribution in [0, 0.1) is 0 Å². The van der Waals surface area contributed by atoms with Gasteiger partial charge >= 0.3 is 8.56 Å². The Bertz CT molecular complexity index is 361. The Hall–Kier alpha value is 0.0169. The van der Waals surface area contributed by atoms with E-state index < -0.39 is 8.56 Å². The molecule has 0 amide bonds. The van der Waals surface area contributed by atoms with Crippen LogP contribution >= 0.6 is 0 Å². The van der Waals surface area contributed by atoms with E-state index in [1.807, 2.05) is 0 Å². The molecule has 0 aliphatic rings. The third kappa shape index (κ3) is 15.0. The second-order valence-corrected chi connectivity index (χ2v) is 12.7. The van der Waals surface area contributed by atoms with Crippen molar-refractivity contribution in [2.75, 3.05) is 72.1 Å². The predicted octanol–water partition coefficient (Wildman–Crippen LogP) is 5.85. The molecule has 194 valence electrons. The first kappa shape index (κ1) is 32.0. The molecule has 0 fully saturated rings. The van der Waals surface area contributed by atoms with Crippen molar-refractivity contribution in [3.8, 4) is 0 Å². The first-order chi connectivity index (χ1) is 15.5. The Balaban J connectivity index is 4.91. The lowest BCUT2D eigenvalue weighted by Crippen LogP contribution is -2.45. The SMILES string of the molecule is CCCN(CCC)CCCN(CCCN(CCC)CCC)CC[Si](CC)(OCC)OCC. The van der Waals surface area contributed by atoms with E-state index in [1.54, 1.807) is 0 Å². The normalized spacial score (nSPS) is 12.6. The van der Waals surface area contributed by atoms with Crippen LogP contribution < -0.4 is 0 Å². The van der Waals surface area contributed by atoms with Gasteiger partial charge in [-0.05, 0) is 111 Å². The first-order valence-electron chi connectivity index (χ1n) is 14.0. The lowest BCUT2D eigenvalue weighted by atomic mass is 10.2. The number of nitrogens with zero attached hydrogens (tertiary/aromatic N) is 3. The van der Waals surface area contributed by atoms with Crippen molar-refractivity contribution in [3.63, 3.8) is 0 Å². The van der Waals surface area contributed by atoms with Gasteiger partial charge in [-0.3, -0.25) is 0 Å². The summed E-state index contributed by atoms with van der Waals surface area (Å²) in [5.41, 5.74) is 0. The van der Waals surface area contributed by atoms with Gasteiger partial charge in [0.05, 0.1) is 0 Å². The van der Waals surface area contributed by atoms with Crippen molar-refractivity contribution in [1.82, 2.24) is 14.7 Å². The molecule has 6 heteroatoms. The minimum absolute atomic E-state index is 0.770. The Kier molecular flexibility index (Phi) is 21.6. The Morgan fingerprint density at radius 2 is 0.812 bits per heavy atom. The Morgan fingerprint density at radius 3 is 1.09 bits per heavy atom. The zero-order valence-corrected chi connectivity index (χ0v) is 24.1. The van der Waals surface area contributed by atoms with Crippen LogP contribution in [0.15, 0.2) is 0 Å². The van der Waals surface area contributed by atoms with Gasteiger partial charge in [-0.1, -0.05) is 34.6 Å². The average Bonchev–Trinajstić information content (AvgIpc) is 2.77. The Labute approximate surface area is 203 Å². The van der Waals surface area contributed by atoms with Crippen LogP contribution in [0.4, 0.5) is 0 Å². The fourth-order valence-electron chi connectivity index (χ4n) is 4.73. The van der Waals surface area contributed by atoms with Crippen molar-refractivity contribution in [2.24, 2.45) is 0 Å². The standard InChI is InChI=1S/C26H59N3O2Si/c1-8-17-27(18-9-2)21-15-23-29(24-16-22-28(19-10-3)20-11-4)25-26-32(14-7,30-12-5)31-13-6/h8-26H2,1-7H3. The Morgan fingerprint density at radius 1 is 0.469 bits per heavy atom. The third-order valence-electron chi connectivity index (χ3n) is 6.22. The van der Waals surface area contributed by atoms with Gasteiger partial charge in [0.1, 0.15) is 0 Å². The summed E-state index contributed by atoms with van der Waals surface area (Å²) in [6.07, 6.45) is 7.53. The summed E-state index contributed by atoms with van der Waals surface area (Å²) >= 11 is 0. The number of hydrogen-bond acceptors (Lipinski definition) is 5. The van der Waals surface area contributed by atoms with Crippen LogP contribution in [0.2, 0.25) is 12.1 Å². The molecule has 0 aromatic rings. The van der Waals surface area contributed by atoms with Crippen molar-refractivity contribution in [2.45, 2.75) is 99.1 Å². The molecule has 0 atom stereocenters. The number of hydrogen-bond donors (Lipinski definition) is 0. The highest BCUT2D eigenvalue weighted by Crippen LogP contribution is 2.20. The smallest absolute Gasteiger partial charge is 0.339 e. The van der Waals surface area contributed by atoms with Crippen LogP contribution in [0.1, 0.15) is 87.0 Å². The summed E-state index contributed by atoms with van der Waals surface area (Å²) in [6.45, 7) is 28.1. The van der Waals surface area contributed by atoms with Crippen LogP contribution in [0.25, 0.3) is 0 Å². The molecule has 0 saturated heterocycles. The zero-order valence-electron chi connectivity index (χ0n) is 23.1. The molecule has 0 radical (unpaired) electrons. The van der Waals surface area contributed by atoms with Gasteiger partial charge in [0, 0.05) is 25.8 Å². The third-order valence-corrected chi connectivity index (χ3v) is 9.91. The number of rotatable bonds is 24. The molecule has 0 aromatic carbocycles. The van der Waals surface area contributed by atoms with Gasteiger partial charge in [-0.15, -0.1) is 0 Å². The lowest BCUT2D eigenvalue weighted by molar-refractivity contribution is 0.171. The monoisotopic (exact) mass is 473 g/mol. The lowest BCUT2D eigenvalue weighted by Gasteiger charge is -2.32. The second kappa shape index (κ2) is 21.5. The van der Waals surface area contributed by atoms with Gasteiger partial charge < -0.3 is 23.6 Å². The van der Waals surface area contributed by atoms with Gasteiger partial charge in [0.25, 0.3) is 0 Å². The zero-order chi connectivity index (χ0) is 24.1. The maximum Gasteiger partial charge on any atom is 0.339 e. The summed E-state index contributed by atoms with van der Waals surface area (Å²) in [5.74, 6) is 0. The van der Waals surface area contributed by atoms with E-state index in [9.17, 15) is 0 Å². The van der Waals surface area contributed by atoms with E-state index in [2.05, 4.69) is 63.2 Å². The molecule has 0 aromatic heterocycles. The fraction of sp³-hybridized carbons (Fsp3) is 1.00. The van der Waals surface area contributed by atoms with E-state index in [0.717, 1.165) is 31.8 Å². The molecule has 0 spiro atoms. The van der Waals surface area contributed by atoms with Crippen molar-refractivity contribution >= 4 is 8.56 Å². The highest BCUT2D eigenvalue weighted by Gasteiger charge is 2.35. The summed E-state index contributed by atoms with van der Waals surface area (Å²) in [6, 6.07) is 2.14. The van der Waals surface area contributed by atoms with Gasteiger partial charge in [-0.2, -0.15) is 0 Å². The maximum absolute atomic E-state index is 6.26. The molecule has 5 nitrogen and oxygen atoms in total. The largest absolute Gasteiger partial charge is 0.394 e. The van der Waals surface area contributed by atoms with Crippen LogP contribution in [0.5, 0.6) is 0 Å². The summed E-state index contributed by atoms with van der Waals surface area (Å²) in [5, 5.41) is 0. The van der Waals surface area contributed by atoms with E-state index in [4.69, 9.17) is 8.85 Å². The molecule has 0 aliphatic carbocycles. The van der Waals surface area contributed by atoms with E-state index in [0.29, 0.717) is 0 Å². The molecule has 0 bridgehead atoms. The first-order valence-corrected chi connectivity index (χ1v) is 16.2. The van der Waals surface area contributed by atoms with Gasteiger partial charge in [0.2, 0.25) is 0 Å². The summed E-state index contributed by atoms with van der Waals surface area (Å²) in [7, 11) is -2.07. The molecule has 0 N–H and O–H groups in total. The van der Waals surface area contributed by atoms with Crippen molar-refractivity contribution in [3.05, 3.63) is 0 Å². The molecule has 0 heterocycles. The van der Waals surface area contributed by atoms with Gasteiger partial charge in [0.15, 0.2) is 0 Å². The highest BCUT2D eigenvalue weighted by atomic mass is 28.4. The molecule has 0 unspecified atom stereocenters. The quantitative estimate of drug-likeness (QED) is 0.164. The van der Waals surface area contributed by atoms with Crippen molar-refractivity contribution < 1.29 is 8.85 Å². The highest BCUT2D eigenvalue weighted by molar-refractivity contribution is 6.67. The molecular formula is C26H59N3O2Si. The maximum atomic E-state index is 6.26. The van der Waals surface area contributed by atoms with Gasteiger partial charge in [-0.25, -0.2) is 0 Å². The molecule has 0 rings (SSSR count). The second-order valence-electron chi connectivity index (χ2n) is 9.11. The minimum atomic E-state index is -2.07. The average molecular weight is 474 g/mol. The topological polar surface area (TPSA) is 28.2 Å². The van der Waals surface area contributed by atoms with E-state index in [-0.39, 0.29) is 0 Å².